The molecule has 2 aromatic rings. The number of benzene rings is 1. The van der Waals surface area contributed by atoms with Crippen molar-refractivity contribution in [3.8, 4) is 11.6 Å². The number of rotatable bonds is 5. The van der Waals surface area contributed by atoms with Crippen molar-refractivity contribution < 1.29 is 13.9 Å². The summed E-state index contributed by atoms with van der Waals surface area (Å²) in [5.41, 5.74) is 1.24. The topological polar surface area (TPSA) is 59.5 Å². The summed E-state index contributed by atoms with van der Waals surface area (Å²) in [5.74, 6) is 0.975. The van der Waals surface area contributed by atoms with Crippen LogP contribution in [0, 0.1) is 5.82 Å². The largest absolute Gasteiger partial charge is 0.494 e. The highest BCUT2D eigenvalue weighted by molar-refractivity contribution is 5.38. The second-order valence-electron chi connectivity index (χ2n) is 5.55. The zero-order valence-corrected chi connectivity index (χ0v) is 13.9. The summed E-state index contributed by atoms with van der Waals surface area (Å²) in [6.45, 7) is 3.45. The van der Waals surface area contributed by atoms with Crippen LogP contribution in [0.25, 0.3) is 0 Å². The smallest absolute Gasteiger partial charge is 0.228 e. The highest BCUT2D eigenvalue weighted by Gasteiger charge is 2.17. The Morgan fingerprint density at radius 2 is 1.96 bits per heavy atom. The lowest BCUT2D eigenvalue weighted by Crippen LogP contribution is -2.44. The highest BCUT2D eigenvalue weighted by atomic mass is 19.1. The molecule has 1 aliphatic rings. The first-order valence-electron chi connectivity index (χ1n) is 7.90. The molecular weight excluding hydrogens is 311 g/mol. The first-order valence-corrected chi connectivity index (χ1v) is 7.90. The van der Waals surface area contributed by atoms with Crippen LogP contribution in [0.4, 0.5) is 10.3 Å². The molecule has 0 amide bonds. The molecule has 0 atom stereocenters. The number of hydrogen-bond acceptors (Lipinski definition) is 6. The molecule has 2 heterocycles. The average molecular weight is 332 g/mol. The molecule has 7 heteroatoms. The van der Waals surface area contributed by atoms with Crippen molar-refractivity contribution in [3.05, 3.63) is 41.3 Å². The van der Waals surface area contributed by atoms with E-state index in [2.05, 4.69) is 20.2 Å². The van der Waals surface area contributed by atoms with E-state index in [-0.39, 0.29) is 11.6 Å². The van der Waals surface area contributed by atoms with Gasteiger partial charge in [0.2, 0.25) is 11.8 Å². The second-order valence-corrected chi connectivity index (χ2v) is 5.55. The molecule has 1 aliphatic heterocycles. The average Bonchev–Trinajstić information content (AvgIpc) is 2.64. The molecule has 6 nitrogen and oxygen atoms in total. The first-order chi connectivity index (χ1) is 11.7. The number of ether oxygens (including phenoxy) is 2. The van der Waals surface area contributed by atoms with Crippen molar-refractivity contribution in [2.24, 2.45) is 0 Å². The van der Waals surface area contributed by atoms with Crippen molar-refractivity contribution in [2.45, 2.75) is 6.42 Å². The van der Waals surface area contributed by atoms with Crippen molar-refractivity contribution in [2.75, 3.05) is 45.3 Å². The van der Waals surface area contributed by atoms with Crippen molar-refractivity contribution in [1.82, 2.24) is 15.3 Å². The molecule has 0 radical (unpaired) electrons. The first kappa shape index (κ1) is 16.4. The number of piperazine rings is 1. The molecule has 1 N–H and O–H groups in total. The Hall–Kier alpha value is -2.41. The van der Waals surface area contributed by atoms with E-state index in [9.17, 15) is 4.39 Å². The van der Waals surface area contributed by atoms with Crippen LogP contribution >= 0.6 is 0 Å². The maximum Gasteiger partial charge on any atom is 0.228 e. The lowest BCUT2D eigenvalue weighted by molar-refractivity contribution is 0.384. The fourth-order valence-corrected chi connectivity index (χ4v) is 2.71. The minimum absolute atomic E-state index is 0.232. The van der Waals surface area contributed by atoms with Gasteiger partial charge in [0.05, 0.1) is 19.9 Å². The molecular formula is C17H21FN4O2. The summed E-state index contributed by atoms with van der Waals surface area (Å²) in [4.78, 5) is 11.1. The molecule has 3 rings (SSSR count). The van der Waals surface area contributed by atoms with Gasteiger partial charge in [-0.05, 0) is 11.6 Å². The van der Waals surface area contributed by atoms with Gasteiger partial charge in [-0.1, -0.05) is 12.1 Å². The molecule has 24 heavy (non-hydrogen) atoms. The normalized spacial score (nSPS) is 14.5. The molecule has 1 fully saturated rings. The number of methoxy groups -OCH3 is 2. The zero-order valence-electron chi connectivity index (χ0n) is 13.9. The minimum atomic E-state index is -0.360. The zero-order chi connectivity index (χ0) is 16.9. The quantitative estimate of drug-likeness (QED) is 0.898. The number of anilines is 1. The lowest BCUT2D eigenvalue weighted by Gasteiger charge is -2.27. The van der Waals surface area contributed by atoms with Gasteiger partial charge in [0.25, 0.3) is 0 Å². The van der Waals surface area contributed by atoms with E-state index >= 15 is 0 Å². The van der Waals surface area contributed by atoms with E-state index in [1.165, 1.54) is 7.11 Å². The number of nitrogens with one attached hydrogen (secondary N) is 1. The van der Waals surface area contributed by atoms with Crippen LogP contribution in [0.1, 0.15) is 11.3 Å². The molecule has 0 spiro atoms. The third-order valence-electron chi connectivity index (χ3n) is 3.99. The third-order valence-corrected chi connectivity index (χ3v) is 3.99. The van der Waals surface area contributed by atoms with E-state index in [0.717, 1.165) is 26.2 Å². The van der Waals surface area contributed by atoms with E-state index in [4.69, 9.17) is 9.47 Å². The molecule has 0 aliphatic carbocycles. The summed E-state index contributed by atoms with van der Waals surface area (Å²) >= 11 is 0. The van der Waals surface area contributed by atoms with Crippen LogP contribution in [-0.2, 0) is 6.42 Å². The van der Waals surface area contributed by atoms with Gasteiger partial charge < -0.3 is 19.7 Å². The van der Waals surface area contributed by atoms with E-state index in [0.29, 0.717) is 29.5 Å². The summed E-state index contributed by atoms with van der Waals surface area (Å²) in [6, 6.07) is 6.85. The Bertz CT molecular complexity index is 705. The van der Waals surface area contributed by atoms with Gasteiger partial charge in [0.1, 0.15) is 0 Å². The summed E-state index contributed by atoms with van der Waals surface area (Å²) in [7, 11) is 3.03. The molecule has 0 unspecified atom stereocenters. The van der Waals surface area contributed by atoms with Gasteiger partial charge >= 0.3 is 0 Å². The lowest BCUT2D eigenvalue weighted by atomic mass is 10.1. The standard InChI is InChI=1S/C17H21FN4O2/c1-23-14-5-3-4-12(16(14)18)10-13-11-15(24-2)21-17(20-13)22-8-6-19-7-9-22/h3-5,11,19H,6-10H2,1-2H3. The van der Waals surface area contributed by atoms with E-state index < -0.39 is 0 Å². The summed E-state index contributed by atoms with van der Waals surface area (Å²) in [5, 5.41) is 3.30. The van der Waals surface area contributed by atoms with Gasteiger partial charge in [-0.15, -0.1) is 0 Å². The van der Waals surface area contributed by atoms with E-state index in [1.807, 2.05) is 0 Å². The maximum atomic E-state index is 14.4. The van der Waals surface area contributed by atoms with Crippen molar-refractivity contribution in [3.63, 3.8) is 0 Å². The molecule has 1 aromatic carbocycles. The fourth-order valence-electron chi connectivity index (χ4n) is 2.71. The van der Waals surface area contributed by atoms with Crippen LogP contribution < -0.4 is 19.7 Å². The molecule has 0 saturated carbocycles. The Labute approximate surface area is 140 Å². The molecule has 128 valence electrons. The summed E-state index contributed by atoms with van der Waals surface area (Å²) in [6.07, 6.45) is 0.348. The van der Waals surface area contributed by atoms with Gasteiger partial charge in [0.15, 0.2) is 11.6 Å². The highest BCUT2D eigenvalue weighted by Crippen LogP contribution is 2.24. The van der Waals surface area contributed by atoms with Crippen molar-refractivity contribution >= 4 is 5.95 Å². The predicted molar refractivity (Wildman–Crippen MR) is 89.4 cm³/mol. The number of hydrogen-bond donors (Lipinski definition) is 1. The SMILES string of the molecule is COc1cc(Cc2cccc(OC)c2F)nc(N2CCNCC2)n1. The van der Waals surface area contributed by atoms with E-state index in [1.54, 1.807) is 31.4 Å². The predicted octanol–water partition coefficient (Wildman–Crippen LogP) is 1.63. The van der Waals surface area contributed by atoms with Gasteiger partial charge in [-0.2, -0.15) is 4.98 Å². The number of aromatic nitrogens is 2. The second kappa shape index (κ2) is 7.44. The monoisotopic (exact) mass is 332 g/mol. The van der Waals surface area contributed by atoms with Gasteiger partial charge in [0, 0.05) is 38.7 Å². The third kappa shape index (κ3) is 3.56. The van der Waals surface area contributed by atoms with Crippen LogP contribution in [0.15, 0.2) is 24.3 Å². The van der Waals surface area contributed by atoms with Gasteiger partial charge in [-0.25, -0.2) is 9.37 Å². The van der Waals surface area contributed by atoms with Crippen LogP contribution in [0.3, 0.4) is 0 Å². The Kier molecular flexibility index (Phi) is 5.10. The van der Waals surface area contributed by atoms with Crippen LogP contribution in [-0.4, -0.2) is 50.4 Å². The van der Waals surface area contributed by atoms with Crippen LogP contribution in [0.5, 0.6) is 11.6 Å². The number of nitrogens with zero attached hydrogens (tertiary/aromatic N) is 3. The van der Waals surface area contributed by atoms with Gasteiger partial charge in [-0.3, -0.25) is 0 Å². The maximum absolute atomic E-state index is 14.4. The Morgan fingerprint density at radius 3 is 2.67 bits per heavy atom. The fraction of sp³-hybridized carbons (Fsp3) is 0.412. The van der Waals surface area contributed by atoms with Crippen molar-refractivity contribution in [1.29, 1.82) is 0 Å². The minimum Gasteiger partial charge on any atom is -0.494 e. The Balaban J connectivity index is 1.90. The Morgan fingerprint density at radius 1 is 1.17 bits per heavy atom. The molecule has 0 bridgehead atoms. The van der Waals surface area contributed by atoms with Crippen LogP contribution in [0.2, 0.25) is 0 Å². The number of halogens is 1. The molecule has 1 aromatic heterocycles. The molecule has 1 saturated heterocycles. The summed E-state index contributed by atoms with van der Waals surface area (Å²) < 4.78 is 24.7.